The van der Waals surface area contributed by atoms with E-state index in [1.165, 1.54) is 0 Å². The molecule has 0 aromatic heterocycles. The normalized spacial score (nSPS) is 27.5. The van der Waals surface area contributed by atoms with E-state index < -0.39 is 18.2 Å². The molecule has 1 heterocycles. The fourth-order valence-electron chi connectivity index (χ4n) is 2.93. The summed E-state index contributed by atoms with van der Waals surface area (Å²) < 4.78 is 10.6. The number of hydrogen-bond donors (Lipinski definition) is 1. The van der Waals surface area contributed by atoms with Crippen LogP contribution in [0.4, 0.5) is 0 Å². The molecule has 5 heteroatoms. The minimum atomic E-state index is -0.670. The average Bonchev–Trinajstić information content (AvgIpc) is 2.76. The number of carbonyl (C=O) groups is 2. The van der Waals surface area contributed by atoms with Crippen LogP contribution in [-0.2, 0) is 19.1 Å². The second-order valence-corrected chi connectivity index (χ2v) is 6.51. The molecule has 24 heavy (non-hydrogen) atoms. The third-order valence-corrected chi connectivity index (χ3v) is 4.28. The Bertz CT molecular complexity index is 626. The molecule has 0 radical (unpaired) electrons. The van der Waals surface area contributed by atoms with E-state index in [1.807, 2.05) is 6.92 Å². The summed E-state index contributed by atoms with van der Waals surface area (Å²) in [4.78, 5) is 23.4. The van der Waals surface area contributed by atoms with E-state index >= 15 is 0 Å². The topological polar surface area (TPSA) is 72.8 Å². The second kappa shape index (κ2) is 7.62. The first-order valence-electron chi connectivity index (χ1n) is 8.05. The quantitative estimate of drug-likeness (QED) is 0.489. The summed E-state index contributed by atoms with van der Waals surface area (Å²) in [7, 11) is 0. The Balaban J connectivity index is 2.24. The van der Waals surface area contributed by atoms with Crippen LogP contribution in [0.5, 0.6) is 0 Å². The van der Waals surface area contributed by atoms with Crippen LogP contribution in [0, 0.1) is 5.92 Å². The Kier molecular flexibility index (Phi) is 5.78. The lowest BCUT2D eigenvalue weighted by Crippen LogP contribution is -2.19. The van der Waals surface area contributed by atoms with Crippen LogP contribution in [0.1, 0.15) is 33.1 Å². The first-order valence-corrected chi connectivity index (χ1v) is 8.05. The Hall–Kier alpha value is -2.14. The zero-order valence-corrected chi connectivity index (χ0v) is 14.2. The first-order chi connectivity index (χ1) is 11.3. The Morgan fingerprint density at radius 2 is 2.17 bits per heavy atom. The van der Waals surface area contributed by atoms with Gasteiger partial charge in [-0.15, -0.1) is 0 Å². The minimum Gasteiger partial charge on any atom is -0.458 e. The number of esters is 2. The Labute approximate surface area is 142 Å². The Morgan fingerprint density at radius 1 is 1.46 bits per heavy atom. The molecule has 5 nitrogen and oxygen atoms in total. The van der Waals surface area contributed by atoms with Gasteiger partial charge in [0.15, 0.2) is 0 Å². The number of rotatable bonds is 3. The number of aliphatic hydroxyl groups is 1. The molecule has 1 aliphatic carbocycles. The van der Waals surface area contributed by atoms with Gasteiger partial charge in [0.05, 0.1) is 6.10 Å². The van der Waals surface area contributed by atoms with Crippen molar-refractivity contribution in [2.45, 2.75) is 45.3 Å². The largest absolute Gasteiger partial charge is 0.458 e. The molecule has 130 valence electrons. The number of carbonyl (C=O) groups excluding carboxylic acids is 2. The molecule has 2 rings (SSSR count). The van der Waals surface area contributed by atoms with Crippen molar-refractivity contribution in [3.05, 3.63) is 47.6 Å². The fourth-order valence-corrected chi connectivity index (χ4v) is 2.93. The van der Waals surface area contributed by atoms with E-state index in [-0.39, 0.29) is 18.5 Å². The molecule has 0 spiro atoms. The van der Waals surface area contributed by atoms with E-state index in [0.717, 1.165) is 18.4 Å². The van der Waals surface area contributed by atoms with Crippen molar-refractivity contribution in [3.8, 4) is 0 Å². The van der Waals surface area contributed by atoms with Crippen molar-refractivity contribution < 1.29 is 24.2 Å². The van der Waals surface area contributed by atoms with Crippen molar-refractivity contribution in [2.75, 3.05) is 6.61 Å². The maximum atomic E-state index is 11.8. The maximum absolute atomic E-state index is 11.8. The van der Waals surface area contributed by atoms with Gasteiger partial charge in [0.1, 0.15) is 12.7 Å². The molecule has 0 amide bonds. The molecule has 3 unspecified atom stereocenters. The van der Waals surface area contributed by atoms with Crippen LogP contribution in [0.3, 0.4) is 0 Å². The lowest BCUT2D eigenvalue weighted by molar-refractivity contribution is -0.139. The summed E-state index contributed by atoms with van der Waals surface area (Å²) >= 11 is 0. The van der Waals surface area contributed by atoms with Gasteiger partial charge >= 0.3 is 11.9 Å². The molecular weight excluding hydrogens is 308 g/mol. The van der Waals surface area contributed by atoms with Crippen molar-refractivity contribution in [1.29, 1.82) is 0 Å². The number of aliphatic hydroxyl groups excluding tert-OH is 1. The predicted molar refractivity (Wildman–Crippen MR) is 90.0 cm³/mol. The lowest BCUT2D eigenvalue weighted by atomic mass is 9.87. The SMILES string of the molecule is C=C(C)C(=O)OCC1=CC2OC(=O)C(=C)C2CCC(C)=CC(O)C1. The monoisotopic (exact) mass is 332 g/mol. The molecule has 1 saturated heterocycles. The summed E-state index contributed by atoms with van der Waals surface area (Å²) in [5, 5.41) is 10.2. The van der Waals surface area contributed by atoms with Gasteiger partial charge < -0.3 is 14.6 Å². The molecule has 0 saturated carbocycles. The van der Waals surface area contributed by atoms with Crippen LogP contribution in [0.25, 0.3) is 0 Å². The van der Waals surface area contributed by atoms with Gasteiger partial charge in [-0.2, -0.15) is 0 Å². The fraction of sp³-hybridized carbons (Fsp3) is 0.474. The zero-order chi connectivity index (χ0) is 17.9. The minimum absolute atomic E-state index is 0.0306. The number of hydrogen-bond acceptors (Lipinski definition) is 5. The molecule has 1 aliphatic heterocycles. The summed E-state index contributed by atoms with van der Waals surface area (Å²) in [5.74, 6) is -0.970. The second-order valence-electron chi connectivity index (χ2n) is 6.51. The van der Waals surface area contributed by atoms with E-state index in [0.29, 0.717) is 23.1 Å². The van der Waals surface area contributed by atoms with Gasteiger partial charge in [-0.3, -0.25) is 0 Å². The van der Waals surface area contributed by atoms with E-state index in [9.17, 15) is 14.7 Å². The summed E-state index contributed by atoms with van der Waals surface area (Å²) in [5.41, 5.74) is 2.54. The summed E-state index contributed by atoms with van der Waals surface area (Å²) in [6.07, 6.45) is 4.28. The molecule has 0 aromatic carbocycles. The number of fused-ring (bicyclic) bond motifs is 1. The van der Waals surface area contributed by atoms with Crippen molar-refractivity contribution in [2.24, 2.45) is 5.92 Å². The van der Waals surface area contributed by atoms with E-state index in [4.69, 9.17) is 9.47 Å². The molecule has 0 aromatic rings. The van der Waals surface area contributed by atoms with Gasteiger partial charge in [0, 0.05) is 23.5 Å². The molecule has 0 bridgehead atoms. The smallest absolute Gasteiger partial charge is 0.334 e. The van der Waals surface area contributed by atoms with Gasteiger partial charge in [0.2, 0.25) is 0 Å². The zero-order valence-electron chi connectivity index (χ0n) is 14.2. The van der Waals surface area contributed by atoms with Crippen molar-refractivity contribution in [3.63, 3.8) is 0 Å². The summed E-state index contributed by atoms with van der Waals surface area (Å²) in [6, 6.07) is 0. The van der Waals surface area contributed by atoms with Crippen molar-refractivity contribution >= 4 is 11.9 Å². The highest BCUT2D eigenvalue weighted by molar-refractivity contribution is 5.91. The maximum Gasteiger partial charge on any atom is 0.334 e. The standard InChI is InChI=1S/C19H24O5/c1-11(2)18(21)23-10-14-8-15(20)7-12(3)5-6-16-13(4)19(22)24-17(16)9-14/h7,9,15-17,20H,1,4-6,8,10H2,2-3H3. The molecule has 2 aliphatic rings. The van der Waals surface area contributed by atoms with Gasteiger partial charge in [-0.1, -0.05) is 24.8 Å². The molecule has 1 fully saturated rings. The third kappa shape index (κ3) is 4.45. The van der Waals surface area contributed by atoms with Crippen LogP contribution < -0.4 is 0 Å². The highest BCUT2D eigenvalue weighted by Gasteiger charge is 2.37. The first kappa shape index (κ1) is 18.2. The van der Waals surface area contributed by atoms with Crippen molar-refractivity contribution in [1.82, 2.24) is 0 Å². The number of allylic oxidation sites excluding steroid dienone is 1. The lowest BCUT2D eigenvalue weighted by Gasteiger charge is -2.20. The van der Waals surface area contributed by atoms with Gasteiger partial charge in [-0.05, 0) is 38.3 Å². The predicted octanol–water partition coefficient (Wildman–Crippen LogP) is 2.62. The van der Waals surface area contributed by atoms with E-state index in [1.54, 1.807) is 19.1 Å². The van der Waals surface area contributed by atoms with E-state index in [2.05, 4.69) is 13.2 Å². The highest BCUT2D eigenvalue weighted by Crippen LogP contribution is 2.34. The number of ether oxygens (including phenoxy) is 2. The van der Waals surface area contributed by atoms with Crippen LogP contribution in [0.2, 0.25) is 0 Å². The molecule has 1 N–H and O–H groups in total. The summed E-state index contributed by atoms with van der Waals surface area (Å²) in [6.45, 7) is 10.9. The van der Waals surface area contributed by atoms with Crippen LogP contribution in [-0.4, -0.2) is 35.9 Å². The molecular formula is C19H24O5. The van der Waals surface area contributed by atoms with Crippen LogP contribution >= 0.6 is 0 Å². The van der Waals surface area contributed by atoms with Gasteiger partial charge in [0.25, 0.3) is 0 Å². The highest BCUT2D eigenvalue weighted by atomic mass is 16.6. The van der Waals surface area contributed by atoms with Crippen LogP contribution in [0.15, 0.2) is 47.6 Å². The molecule has 3 atom stereocenters. The third-order valence-electron chi connectivity index (χ3n) is 4.28. The average molecular weight is 332 g/mol. The van der Waals surface area contributed by atoms with Gasteiger partial charge in [-0.25, -0.2) is 9.59 Å². The Morgan fingerprint density at radius 3 is 2.83 bits per heavy atom.